The maximum Gasteiger partial charge on any atom is 0.208 e. The number of hydrogen-bond donors (Lipinski definition) is 1. The van der Waals surface area contributed by atoms with E-state index in [1.807, 2.05) is 30.3 Å². The maximum absolute atomic E-state index is 11.2. The van der Waals surface area contributed by atoms with E-state index in [-0.39, 0.29) is 0 Å². The molecule has 0 aliphatic carbocycles. The van der Waals surface area contributed by atoms with Gasteiger partial charge in [-0.2, -0.15) is 0 Å². The second-order valence-corrected chi connectivity index (χ2v) is 8.46. The van der Waals surface area contributed by atoms with Crippen molar-refractivity contribution >= 4 is 0 Å². The molecule has 0 radical (unpaired) electrons. The summed E-state index contributed by atoms with van der Waals surface area (Å²) in [4.78, 5) is 0. The summed E-state index contributed by atoms with van der Waals surface area (Å²) in [5.41, 5.74) is 0. The molecule has 1 N–H and O–H groups in total. The standard InChI is InChI=1S/C26H46O2/c1-3-5-7-9-11-13-15-20-24-26(27,28-25-21-17-16-18-22-25)23-19-14-12-10-8-6-4-2/h16-18,21-22,27H,3-15,19-20,23-24H2,1-2H3. The minimum atomic E-state index is -1.01. The lowest BCUT2D eigenvalue weighted by atomic mass is 9.98. The van der Waals surface area contributed by atoms with Crippen LogP contribution in [0.3, 0.4) is 0 Å². The van der Waals surface area contributed by atoms with Gasteiger partial charge in [0, 0.05) is 12.8 Å². The van der Waals surface area contributed by atoms with E-state index in [1.54, 1.807) is 0 Å². The molecule has 1 rings (SSSR count). The van der Waals surface area contributed by atoms with E-state index in [9.17, 15) is 5.11 Å². The third-order valence-electron chi connectivity index (χ3n) is 5.64. The molecule has 0 saturated carbocycles. The summed E-state index contributed by atoms with van der Waals surface area (Å²) in [5, 5.41) is 11.2. The number of unbranched alkanes of at least 4 members (excludes halogenated alkanes) is 13. The first kappa shape index (κ1) is 25.0. The summed E-state index contributed by atoms with van der Waals surface area (Å²) in [7, 11) is 0. The number of rotatable bonds is 19. The highest BCUT2D eigenvalue weighted by atomic mass is 16.6. The van der Waals surface area contributed by atoms with Gasteiger partial charge < -0.3 is 9.84 Å². The lowest BCUT2D eigenvalue weighted by Gasteiger charge is -2.29. The van der Waals surface area contributed by atoms with Crippen LogP contribution in [-0.4, -0.2) is 10.9 Å². The SMILES string of the molecule is CCCCCCCCCCC(O)(CCCCCCCCC)Oc1ccccc1. The van der Waals surface area contributed by atoms with Crippen molar-refractivity contribution in [3.05, 3.63) is 30.3 Å². The van der Waals surface area contributed by atoms with Crippen LogP contribution < -0.4 is 4.74 Å². The molecule has 0 aliphatic heterocycles. The summed E-state index contributed by atoms with van der Waals surface area (Å²) >= 11 is 0. The molecule has 1 unspecified atom stereocenters. The van der Waals surface area contributed by atoms with Crippen molar-refractivity contribution in [1.29, 1.82) is 0 Å². The van der Waals surface area contributed by atoms with Gasteiger partial charge in [0.1, 0.15) is 5.75 Å². The smallest absolute Gasteiger partial charge is 0.208 e. The van der Waals surface area contributed by atoms with Gasteiger partial charge in [-0.3, -0.25) is 0 Å². The third-order valence-corrected chi connectivity index (χ3v) is 5.64. The van der Waals surface area contributed by atoms with Gasteiger partial charge in [-0.15, -0.1) is 0 Å². The van der Waals surface area contributed by atoms with Crippen molar-refractivity contribution in [3.63, 3.8) is 0 Å². The zero-order valence-electron chi connectivity index (χ0n) is 18.8. The maximum atomic E-state index is 11.2. The topological polar surface area (TPSA) is 29.5 Å². The molecule has 2 heteroatoms. The number of para-hydroxylation sites is 1. The highest BCUT2D eigenvalue weighted by Gasteiger charge is 2.28. The molecule has 1 aromatic rings. The minimum Gasteiger partial charge on any atom is -0.463 e. The Morgan fingerprint density at radius 3 is 1.43 bits per heavy atom. The Labute approximate surface area is 175 Å². The molecule has 0 heterocycles. The zero-order valence-corrected chi connectivity index (χ0v) is 18.8. The van der Waals surface area contributed by atoms with Crippen molar-refractivity contribution in [3.8, 4) is 5.75 Å². The quantitative estimate of drug-likeness (QED) is 0.190. The lowest BCUT2D eigenvalue weighted by Crippen LogP contribution is -2.35. The molecule has 0 saturated heterocycles. The fourth-order valence-electron chi connectivity index (χ4n) is 3.83. The molecule has 0 amide bonds. The summed E-state index contributed by atoms with van der Waals surface area (Å²) in [5.74, 6) is -0.222. The molecule has 162 valence electrons. The van der Waals surface area contributed by atoms with Crippen LogP contribution >= 0.6 is 0 Å². The van der Waals surface area contributed by atoms with Crippen LogP contribution in [0.4, 0.5) is 0 Å². The predicted octanol–water partition coefficient (Wildman–Crippen LogP) is 8.43. The average molecular weight is 391 g/mol. The zero-order chi connectivity index (χ0) is 20.3. The van der Waals surface area contributed by atoms with E-state index in [4.69, 9.17) is 4.74 Å². The Morgan fingerprint density at radius 1 is 0.607 bits per heavy atom. The van der Waals surface area contributed by atoms with E-state index in [0.717, 1.165) is 31.4 Å². The molecule has 28 heavy (non-hydrogen) atoms. The molecule has 2 nitrogen and oxygen atoms in total. The fraction of sp³-hybridized carbons (Fsp3) is 0.769. The normalized spacial score (nSPS) is 13.4. The van der Waals surface area contributed by atoms with Gasteiger partial charge in [0.05, 0.1) is 0 Å². The van der Waals surface area contributed by atoms with Crippen molar-refractivity contribution in [2.24, 2.45) is 0 Å². The molecular weight excluding hydrogens is 344 g/mol. The molecule has 0 aromatic heterocycles. The molecule has 1 atom stereocenters. The van der Waals surface area contributed by atoms with E-state index < -0.39 is 5.79 Å². The molecule has 0 aliphatic rings. The van der Waals surface area contributed by atoms with Crippen molar-refractivity contribution in [2.75, 3.05) is 0 Å². The fourth-order valence-corrected chi connectivity index (χ4v) is 3.83. The van der Waals surface area contributed by atoms with Crippen LogP contribution in [0, 0.1) is 0 Å². The first-order chi connectivity index (χ1) is 13.7. The third kappa shape index (κ3) is 13.2. The van der Waals surface area contributed by atoms with Crippen LogP contribution in [-0.2, 0) is 0 Å². The number of benzene rings is 1. The number of hydrogen-bond acceptors (Lipinski definition) is 2. The Balaban J connectivity index is 2.32. The van der Waals surface area contributed by atoms with Crippen LogP contribution in [0.2, 0.25) is 0 Å². The molecule has 0 fully saturated rings. The van der Waals surface area contributed by atoms with Gasteiger partial charge in [-0.1, -0.05) is 116 Å². The van der Waals surface area contributed by atoms with Crippen molar-refractivity contribution in [2.45, 2.75) is 129 Å². The Hall–Kier alpha value is -1.02. The molecule has 1 aromatic carbocycles. The summed E-state index contributed by atoms with van der Waals surface area (Å²) in [6, 6.07) is 9.83. The van der Waals surface area contributed by atoms with E-state index >= 15 is 0 Å². The van der Waals surface area contributed by atoms with E-state index in [2.05, 4.69) is 13.8 Å². The van der Waals surface area contributed by atoms with Crippen molar-refractivity contribution < 1.29 is 9.84 Å². The first-order valence-electron chi connectivity index (χ1n) is 12.2. The van der Waals surface area contributed by atoms with Crippen LogP contribution in [0.15, 0.2) is 30.3 Å². The first-order valence-corrected chi connectivity index (χ1v) is 12.2. The average Bonchev–Trinajstić information content (AvgIpc) is 2.70. The highest BCUT2D eigenvalue weighted by Crippen LogP contribution is 2.27. The second-order valence-electron chi connectivity index (χ2n) is 8.46. The summed E-state index contributed by atoms with van der Waals surface area (Å²) < 4.78 is 6.06. The Kier molecular flexibility index (Phi) is 15.1. The van der Waals surface area contributed by atoms with Crippen LogP contribution in [0.25, 0.3) is 0 Å². The van der Waals surface area contributed by atoms with Gasteiger partial charge in [0.25, 0.3) is 0 Å². The second kappa shape index (κ2) is 16.9. The highest BCUT2D eigenvalue weighted by molar-refractivity contribution is 5.21. The monoisotopic (exact) mass is 390 g/mol. The minimum absolute atomic E-state index is 0.742. The van der Waals surface area contributed by atoms with E-state index in [0.29, 0.717) is 0 Å². The lowest BCUT2D eigenvalue weighted by molar-refractivity contribution is -0.150. The molecule has 0 spiro atoms. The van der Waals surface area contributed by atoms with E-state index in [1.165, 1.54) is 83.5 Å². The van der Waals surface area contributed by atoms with Gasteiger partial charge in [0.2, 0.25) is 5.79 Å². The largest absolute Gasteiger partial charge is 0.463 e. The number of aliphatic hydroxyl groups is 1. The van der Waals surface area contributed by atoms with Gasteiger partial charge in [-0.05, 0) is 25.0 Å². The molecular formula is C26H46O2. The van der Waals surface area contributed by atoms with Gasteiger partial charge in [0.15, 0.2) is 0 Å². The Morgan fingerprint density at radius 2 is 1.00 bits per heavy atom. The molecule has 0 bridgehead atoms. The predicted molar refractivity (Wildman–Crippen MR) is 122 cm³/mol. The Bertz CT molecular complexity index is 445. The van der Waals surface area contributed by atoms with Crippen molar-refractivity contribution in [1.82, 2.24) is 0 Å². The van der Waals surface area contributed by atoms with Crippen LogP contribution in [0.5, 0.6) is 5.75 Å². The van der Waals surface area contributed by atoms with Gasteiger partial charge in [-0.25, -0.2) is 0 Å². The summed E-state index contributed by atoms with van der Waals surface area (Å²) in [6.45, 7) is 4.52. The number of ether oxygens (including phenoxy) is 1. The summed E-state index contributed by atoms with van der Waals surface area (Å²) in [6.07, 6.45) is 20.6. The van der Waals surface area contributed by atoms with Crippen LogP contribution in [0.1, 0.15) is 123 Å². The van der Waals surface area contributed by atoms with Gasteiger partial charge >= 0.3 is 0 Å².